The highest BCUT2D eigenvalue weighted by molar-refractivity contribution is 5.80. The summed E-state index contributed by atoms with van der Waals surface area (Å²) < 4.78 is 0. The molecule has 6 nitrogen and oxygen atoms in total. The zero-order chi connectivity index (χ0) is 13.5. The third-order valence-electron chi connectivity index (χ3n) is 2.62. The topological polar surface area (TPSA) is 66.4 Å². The van der Waals surface area contributed by atoms with Gasteiger partial charge in [-0.2, -0.15) is 0 Å². The Kier molecular flexibility index (Phi) is 5.23. The van der Waals surface area contributed by atoms with E-state index >= 15 is 0 Å². The number of rotatable bonds is 6. The molecule has 18 heavy (non-hydrogen) atoms. The fraction of sp³-hybridized carbons (Fsp3) is 0.500. The van der Waals surface area contributed by atoms with E-state index in [9.17, 15) is 9.59 Å². The number of carbonyl (C=O) groups excluding carboxylic acids is 2. The van der Waals surface area contributed by atoms with Crippen LogP contribution in [0.25, 0.3) is 0 Å². The lowest BCUT2D eigenvalue weighted by Crippen LogP contribution is -2.39. The lowest BCUT2D eigenvalue weighted by molar-refractivity contribution is -0.129. The Morgan fingerprint density at radius 2 is 1.83 bits per heavy atom. The second-order valence-corrected chi connectivity index (χ2v) is 3.86. The quantitative estimate of drug-likeness (QED) is 0.691. The van der Waals surface area contributed by atoms with Crippen LogP contribution in [0.15, 0.2) is 12.4 Å². The van der Waals surface area contributed by atoms with Crippen LogP contribution in [0, 0.1) is 0 Å². The van der Waals surface area contributed by atoms with E-state index in [1.807, 2.05) is 13.8 Å². The predicted molar refractivity (Wildman–Crippen MR) is 68.6 cm³/mol. The van der Waals surface area contributed by atoms with Crippen molar-refractivity contribution in [3.8, 4) is 0 Å². The summed E-state index contributed by atoms with van der Waals surface area (Å²) in [6.07, 6.45) is 3.56. The van der Waals surface area contributed by atoms with E-state index in [1.54, 1.807) is 16.8 Å². The van der Waals surface area contributed by atoms with Crippen molar-refractivity contribution in [2.24, 2.45) is 0 Å². The molecule has 0 aliphatic carbocycles. The largest absolute Gasteiger partial charge is 0.342 e. The number of carbonyl (C=O) groups is 2. The van der Waals surface area contributed by atoms with Gasteiger partial charge in [0.1, 0.15) is 0 Å². The molecule has 0 spiro atoms. The van der Waals surface area contributed by atoms with Crippen molar-refractivity contribution in [3.63, 3.8) is 0 Å². The highest BCUT2D eigenvalue weighted by Gasteiger charge is 2.14. The van der Waals surface area contributed by atoms with Crippen LogP contribution in [0.1, 0.15) is 24.2 Å². The number of nitrogens with zero attached hydrogens (tertiary/aromatic N) is 4. The standard InChI is InChI=1S/C12H18N4O2/c1-4-16(5-2)11(18)8-15(3)12-13-6-10(9-17)7-14-12/h6-7,9H,4-5,8H2,1-3H3. The van der Waals surface area contributed by atoms with Crippen molar-refractivity contribution in [3.05, 3.63) is 18.0 Å². The van der Waals surface area contributed by atoms with Crippen LogP contribution >= 0.6 is 0 Å². The molecule has 1 aromatic rings. The van der Waals surface area contributed by atoms with Crippen LogP contribution < -0.4 is 4.90 Å². The molecule has 1 aromatic heterocycles. The van der Waals surface area contributed by atoms with Crippen molar-refractivity contribution >= 4 is 18.1 Å². The molecule has 0 N–H and O–H groups in total. The zero-order valence-electron chi connectivity index (χ0n) is 11.0. The smallest absolute Gasteiger partial charge is 0.242 e. The van der Waals surface area contributed by atoms with Gasteiger partial charge in [-0.15, -0.1) is 0 Å². The summed E-state index contributed by atoms with van der Waals surface area (Å²) >= 11 is 0. The lowest BCUT2D eigenvalue weighted by Gasteiger charge is -2.23. The van der Waals surface area contributed by atoms with Gasteiger partial charge in [0.15, 0.2) is 6.29 Å². The van der Waals surface area contributed by atoms with Gasteiger partial charge in [-0.3, -0.25) is 9.59 Å². The Labute approximate surface area is 107 Å². The Balaban J connectivity index is 2.66. The van der Waals surface area contributed by atoms with Crippen LogP contribution in [0.5, 0.6) is 0 Å². The van der Waals surface area contributed by atoms with Crippen LogP contribution in [-0.4, -0.2) is 53.7 Å². The van der Waals surface area contributed by atoms with Gasteiger partial charge in [0, 0.05) is 32.5 Å². The Morgan fingerprint density at radius 3 is 2.28 bits per heavy atom. The number of aldehydes is 1. The van der Waals surface area contributed by atoms with Gasteiger partial charge < -0.3 is 9.80 Å². The second-order valence-electron chi connectivity index (χ2n) is 3.86. The minimum atomic E-state index is 0.0329. The first-order chi connectivity index (χ1) is 8.62. The molecule has 6 heteroatoms. The van der Waals surface area contributed by atoms with Gasteiger partial charge >= 0.3 is 0 Å². The number of amides is 1. The first kappa shape index (κ1) is 14.1. The molecule has 0 aliphatic heterocycles. The highest BCUT2D eigenvalue weighted by atomic mass is 16.2. The summed E-state index contributed by atoms with van der Waals surface area (Å²) in [6, 6.07) is 0. The summed E-state index contributed by atoms with van der Waals surface area (Å²) in [4.78, 5) is 33.8. The fourth-order valence-corrected chi connectivity index (χ4v) is 1.54. The monoisotopic (exact) mass is 250 g/mol. The van der Waals surface area contributed by atoms with Crippen molar-refractivity contribution in [2.75, 3.05) is 31.6 Å². The minimum Gasteiger partial charge on any atom is -0.342 e. The maximum Gasteiger partial charge on any atom is 0.242 e. The van der Waals surface area contributed by atoms with Crippen molar-refractivity contribution in [2.45, 2.75) is 13.8 Å². The Hall–Kier alpha value is -1.98. The average Bonchev–Trinajstić information content (AvgIpc) is 2.40. The van der Waals surface area contributed by atoms with Crippen molar-refractivity contribution in [1.29, 1.82) is 0 Å². The second kappa shape index (κ2) is 6.68. The lowest BCUT2D eigenvalue weighted by atomic mass is 10.4. The van der Waals surface area contributed by atoms with Gasteiger partial charge in [0.2, 0.25) is 11.9 Å². The molecule has 0 saturated heterocycles. The summed E-state index contributed by atoms with van der Waals surface area (Å²) in [5, 5.41) is 0. The number of hydrogen-bond acceptors (Lipinski definition) is 5. The van der Waals surface area contributed by atoms with Crippen LogP contribution in [0.3, 0.4) is 0 Å². The van der Waals surface area contributed by atoms with Gasteiger partial charge in [0.05, 0.1) is 12.1 Å². The molecule has 0 radical (unpaired) electrons. The maximum absolute atomic E-state index is 11.9. The Bertz CT molecular complexity index is 401. The normalized spacial score (nSPS) is 9.94. The van der Waals surface area contributed by atoms with E-state index in [0.717, 1.165) is 0 Å². The van der Waals surface area contributed by atoms with E-state index < -0.39 is 0 Å². The van der Waals surface area contributed by atoms with E-state index in [2.05, 4.69) is 9.97 Å². The first-order valence-electron chi connectivity index (χ1n) is 5.88. The number of likely N-dealkylation sites (N-methyl/N-ethyl adjacent to an activating group) is 2. The van der Waals surface area contributed by atoms with Gasteiger partial charge in [-0.1, -0.05) is 0 Å². The minimum absolute atomic E-state index is 0.0329. The molecule has 1 amide bonds. The van der Waals surface area contributed by atoms with Gasteiger partial charge in [-0.25, -0.2) is 9.97 Å². The molecule has 0 bridgehead atoms. The number of anilines is 1. The van der Waals surface area contributed by atoms with Crippen LogP contribution in [-0.2, 0) is 4.79 Å². The molecule has 0 saturated carbocycles. The molecule has 0 fully saturated rings. The highest BCUT2D eigenvalue weighted by Crippen LogP contribution is 2.04. The third-order valence-corrected chi connectivity index (χ3v) is 2.62. The van der Waals surface area contributed by atoms with Gasteiger partial charge in [-0.05, 0) is 13.8 Å². The third kappa shape index (κ3) is 3.51. The van der Waals surface area contributed by atoms with Crippen molar-refractivity contribution < 1.29 is 9.59 Å². The van der Waals surface area contributed by atoms with E-state index in [4.69, 9.17) is 0 Å². The van der Waals surface area contributed by atoms with Crippen molar-refractivity contribution in [1.82, 2.24) is 14.9 Å². The van der Waals surface area contributed by atoms with E-state index in [-0.39, 0.29) is 12.5 Å². The average molecular weight is 250 g/mol. The van der Waals surface area contributed by atoms with E-state index in [0.29, 0.717) is 30.9 Å². The molecule has 0 aliphatic rings. The fourth-order valence-electron chi connectivity index (χ4n) is 1.54. The van der Waals surface area contributed by atoms with Crippen LogP contribution in [0.4, 0.5) is 5.95 Å². The van der Waals surface area contributed by atoms with Gasteiger partial charge in [0.25, 0.3) is 0 Å². The molecule has 0 unspecified atom stereocenters. The molecular weight excluding hydrogens is 232 g/mol. The Morgan fingerprint density at radius 1 is 1.28 bits per heavy atom. The number of aromatic nitrogens is 2. The van der Waals surface area contributed by atoms with E-state index in [1.165, 1.54) is 12.4 Å². The summed E-state index contributed by atoms with van der Waals surface area (Å²) in [7, 11) is 1.75. The molecule has 0 aromatic carbocycles. The SMILES string of the molecule is CCN(CC)C(=O)CN(C)c1ncc(C=O)cn1. The maximum atomic E-state index is 11.9. The number of hydrogen-bond donors (Lipinski definition) is 0. The molecule has 1 rings (SSSR count). The summed E-state index contributed by atoms with van der Waals surface area (Å²) in [5.74, 6) is 0.465. The predicted octanol–water partition coefficient (Wildman–Crippen LogP) is 0.594. The summed E-state index contributed by atoms with van der Waals surface area (Å²) in [6.45, 7) is 5.48. The molecule has 0 atom stereocenters. The molecule has 98 valence electrons. The zero-order valence-corrected chi connectivity index (χ0v) is 11.0. The molecule has 1 heterocycles. The summed E-state index contributed by atoms with van der Waals surface area (Å²) in [5.41, 5.74) is 0.419. The van der Waals surface area contributed by atoms with Crippen LogP contribution in [0.2, 0.25) is 0 Å². The first-order valence-corrected chi connectivity index (χ1v) is 5.88. The molecular formula is C12H18N4O2.